The van der Waals surface area contributed by atoms with Crippen molar-refractivity contribution in [1.29, 1.82) is 0 Å². The van der Waals surface area contributed by atoms with Crippen LogP contribution in [-0.4, -0.2) is 65.0 Å². The van der Waals surface area contributed by atoms with E-state index in [1.165, 1.54) is 24.1 Å². The van der Waals surface area contributed by atoms with Gasteiger partial charge in [0.15, 0.2) is 0 Å². The number of carbonyl (C=O) groups excluding carboxylic acids is 1. The molecule has 0 aromatic carbocycles. The molecule has 1 N–H and O–H groups in total. The van der Waals surface area contributed by atoms with Crippen LogP contribution in [0.25, 0.3) is 11.1 Å². The predicted molar refractivity (Wildman–Crippen MR) is 107 cm³/mol. The second-order valence-corrected chi connectivity index (χ2v) is 7.78. The molecular weight excluding hydrogens is 354 g/mol. The average molecular weight is 383 g/mol. The predicted octanol–water partition coefficient (Wildman–Crippen LogP) is 1.91. The Morgan fingerprint density at radius 3 is 2.75 bits per heavy atom. The quantitative estimate of drug-likeness (QED) is 0.754. The van der Waals surface area contributed by atoms with E-state index in [2.05, 4.69) is 25.0 Å². The number of pyridine rings is 1. The Kier molecular flexibility index (Phi) is 6.02. The van der Waals surface area contributed by atoms with E-state index in [1.807, 2.05) is 37.6 Å². The SMILES string of the molecule is C[C@H](CN1CCOCC1)C(=O)NCCn1ncc(-c2ccncc2)c1C1CC1. The molecule has 0 spiro atoms. The summed E-state index contributed by atoms with van der Waals surface area (Å²) in [7, 11) is 0. The Labute approximate surface area is 166 Å². The number of hydrogen-bond donors (Lipinski definition) is 1. The van der Waals surface area contributed by atoms with Gasteiger partial charge in [-0.1, -0.05) is 6.92 Å². The minimum Gasteiger partial charge on any atom is -0.379 e. The number of nitrogens with zero attached hydrogens (tertiary/aromatic N) is 4. The van der Waals surface area contributed by atoms with Crippen LogP contribution < -0.4 is 5.32 Å². The number of aromatic nitrogens is 3. The molecule has 3 heterocycles. The van der Waals surface area contributed by atoms with Crippen molar-refractivity contribution in [3.8, 4) is 11.1 Å². The Morgan fingerprint density at radius 2 is 2.04 bits per heavy atom. The monoisotopic (exact) mass is 383 g/mol. The van der Waals surface area contributed by atoms with Gasteiger partial charge < -0.3 is 10.1 Å². The minimum atomic E-state index is -0.0222. The molecule has 2 fully saturated rings. The van der Waals surface area contributed by atoms with Gasteiger partial charge in [-0.15, -0.1) is 0 Å². The molecule has 2 aromatic heterocycles. The third kappa shape index (κ3) is 4.59. The van der Waals surface area contributed by atoms with Crippen LogP contribution in [0, 0.1) is 5.92 Å². The van der Waals surface area contributed by atoms with E-state index in [4.69, 9.17) is 4.74 Å². The number of amides is 1. The summed E-state index contributed by atoms with van der Waals surface area (Å²) in [5.41, 5.74) is 3.64. The van der Waals surface area contributed by atoms with Gasteiger partial charge in [-0.2, -0.15) is 5.10 Å². The molecule has 0 bridgehead atoms. The number of ether oxygens (including phenoxy) is 1. The second-order valence-electron chi connectivity index (χ2n) is 7.78. The van der Waals surface area contributed by atoms with Crippen LogP contribution in [0.2, 0.25) is 0 Å². The topological polar surface area (TPSA) is 72.3 Å². The van der Waals surface area contributed by atoms with Crippen molar-refractivity contribution in [2.24, 2.45) is 5.92 Å². The van der Waals surface area contributed by atoms with Gasteiger partial charge in [0.25, 0.3) is 0 Å². The third-order valence-corrected chi connectivity index (χ3v) is 5.54. The van der Waals surface area contributed by atoms with E-state index >= 15 is 0 Å². The molecule has 1 saturated carbocycles. The van der Waals surface area contributed by atoms with Crippen LogP contribution in [0.3, 0.4) is 0 Å². The van der Waals surface area contributed by atoms with Crippen molar-refractivity contribution in [2.75, 3.05) is 39.4 Å². The van der Waals surface area contributed by atoms with Crippen LogP contribution in [0.4, 0.5) is 0 Å². The number of nitrogens with one attached hydrogen (secondary N) is 1. The van der Waals surface area contributed by atoms with Crippen molar-refractivity contribution in [1.82, 2.24) is 25.0 Å². The second kappa shape index (κ2) is 8.84. The molecule has 150 valence electrons. The first-order valence-electron chi connectivity index (χ1n) is 10.3. The van der Waals surface area contributed by atoms with E-state index in [0.29, 0.717) is 19.0 Å². The van der Waals surface area contributed by atoms with Crippen molar-refractivity contribution >= 4 is 5.91 Å². The van der Waals surface area contributed by atoms with E-state index in [9.17, 15) is 4.79 Å². The molecule has 0 radical (unpaired) electrons. The third-order valence-electron chi connectivity index (χ3n) is 5.54. The maximum atomic E-state index is 12.5. The summed E-state index contributed by atoms with van der Waals surface area (Å²) >= 11 is 0. The molecule has 2 aromatic rings. The van der Waals surface area contributed by atoms with Gasteiger partial charge in [-0.05, 0) is 30.5 Å². The first-order chi connectivity index (χ1) is 13.7. The molecule has 1 saturated heterocycles. The first kappa shape index (κ1) is 19.1. The zero-order valence-electron chi connectivity index (χ0n) is 16.5. The molecule has 1 aliphatic carbocycles. The van der Waals surface area contributed by atoms with Crippen LogP contribution in [-0.2, 0) is 16.1 Å². The Hall–Kier alpha value is -2.25. The zero-order valence-corrected chi connectivity index (χ0v) is 16.5. The van der Waals surface area contributed by atoms with E-state index in [0.717, 1.165) is 38.4 Å². The van der Waals surface area contributed by atoms with Crippen molar-refractivity contribution in [2.45, 2.75) is 32.2 Å². The highest BCUT2D eigenvalue weighted by Crippen LogP contribution is 2.44. The summed E-state index contributed by atoms with van der Waals surface area (Å²) in [6, 6.07) is 4.06. The van der Waals surface area contributed by atoms with Gasteiger partial charge >= 0.3 is 0 Å². The van der Waals surface area contributed by atoms with Gasteiger partial charge in [-0.3, -0.25) is 19.4 Å². The highest BCUT2D eigenvalue weighted by Gasteiger charge is 2.30. The highest BCUT2D eigenvalue weighted by molar-refractivity contribution is 5.78. The molecule has 4 rings (SSSR count). The Bertz CT molecular complexity index is 781. The summed E-state index contributed by atoms with van der Waals surface area (Å²) < 4.78 is 7.44. The van der Waals surface area contributed by atoms with Gasteiger partial charge in [-0.25, -0.2) is 0 Å². The fourth-order valence-electron chi connectivity index (χ4n) is 3.83. The fraction of sp³-hybridized carbons (Fsp3) is 0.571. The van der Waals surface area contributed by atoms with Crippen LogP contribution in [0.1, 0.15) is 31.4 Å². The van der Waals surface area contributed by atoms with Crippen LogP contribution >= 0.6 is 0 Å². The zero-order chi connectivity index (χ0) is 19.3. The molecule has 1 atom stereocenters. The normalized spacial score (nSPS) is 18.8. The summed E-state index contributed by atoms with van der Waals surface area (Å²) in [5, 5.41) is 7.70. The Morgan fingerprint density at radius 1 is 1.29 bits per heavy atom. The maximum Gasteiger partial charge on any atom is 0.224 e. The lowest BCUT2D eigenvalue weighted by Gasteiger charge is -2.28. The largest absolute Gasteiger partial charge is 0.379 e. The molecule has 1 aliphatic heterocycles. The standard InChI is InChI=1S/C21H29N5O2/c1-16(15-25-10-12-28-13-11-25)21(27)23-8-9-26-20(18-2-3-18)19(14-24-26)17-4-6-22-7-5-17/h4-7,14,16,18H,2-3,8-13,15H2,1H3,(H,23,27)/t16-/m1/s1. The molecule has 0 unspecified atom stereocenters. The summed E-state index contributed by atoms with van der Waals surface area (Å²) in [5.74, 6) is 0.675. The molecule has 1 amide bonds. The molecule has 2 aliphatic rings. The summed E-state index contributed by atoms with van der Waals surface area (Å²) in [4.78, 5) is 18.9. The fourth-order valence-corrected chi connectivity index (χ4v) is 3.83. The van der Waals surface area contributed by atoms with Crippen LogP contribution in [0.15, 0.2) is 30.7 Å². The number of morpholine rings is 1. The lowest BCUT2D eigenvalue weighted by Crippen LogP contribution is -2.43. The summed E-state index contributed by atoms with van der Waals surface area (Å²) in [6.07, 6.45) is 8.02. The molecular formula is C21H29N5O2. The van der Waals surface area contributed by atoms with Crippen molar-refractivity contribution in [3.63, 3.8) is 0 Å². The molecule has 28 heavy (non-hydrogen) atoms. The minimum absolute atomic E-state index is 0.0222. The van der Waals surface area contributed by atoms with Gasteiger partial charge in [0, 0.05) is 61.7 Å². The van der Waals surface area contributed by atoms with Gasteiger partial charge in [0.2, 0.25) is 5.91 Å². The first-order valence-corrected chi connectivity index (χ1v) is 10.3. The van der Waals surface area contributed by atoms with Crippen molar-refractivity contribution < 1.29 is 9.53 Å². The van der Waals surface area contributed by atoms with E-state index < -0.39 is 0 Å². The van der Waals surface area contributed by atoms with Crippen molar-refractivity contribution in [3.05, 3.63) is 36.4 Å². The number of hydrogen-bond acceptors (Lipinski definition) is 5. The summed E-state index contributed by atoms with van der Waals surface area (Å²) in [6.45, 7) is 7.43. The lowest BCUT2D eigenvalue weighted by atomic mass is 10.1. The van der Waals surface area contributed by atoms with Gasteiger partial charge in [0.1, 0.15) is 0 Å². The lowest BCUT2D eigenvalue weighted by molar-refractivity contribution is -0.125. The molecule has 7 heteroatoms. The van der Waals surface area contributed by atoms with E-state index in [1.54, 1.807) is 0 Å². The molecule has 7 nitrogen and oxygen atoms in total. The highest BCUT2D eigenvalue weighted by atomic mass is 16.5. The maximum absolute atomic E-state index is 12.5. The Balaban J connectivity index is 1.32. The van der Waals surface area contributed by atoms with Gasteiger partial charge in [0.05, 0.1) is 26.0 Å². The number of rotatable bonds is 8. The average Bonchev–Trinajstić information content (AvgIpc) is 3.48. The van der Waals surface area contributed by atoms with E-state index in [-0.39, 0.29) is 11.8 Å². The van der Waals surface area contributed by atoms with Crippen LogP contribution in [0.5, 0.6) is 0 Å². The number of carbonyl (C=O) groups is 1. The smallest absolute Gasteiger partial charge is 0.224 e.